The predicted octanol–water partition coefficient (Wildman–Crippen LogP) is 4.88. The van der Waals surface area contributed by atoms with Crippen LogP contribution in [0, 0.1) is 0 Å². The Hall–Kier alpha value is -0.0800. The fraction of sp³-hybridized carbons (Fsp3) is 1.00. The molecule has 122 valence electrons. The molecule has 20 heavy (non-hydrogen) atoms. The molecule has 2 N–H and O–H groups in total. The Kier molecular flexibility index (Phi) is 10.6. The molecule has 0 fully saturated rings. The van der Waals surface area contributed by atoms with Crippen molar-refractivity contribution in [3.63, 3.8) is 0 Å². The second-order valence-corrected chi connectivity index (χ2v) is 8.18. The summed E-state index contributed by atoms with van der Waals surface area (Å²) < 4.78 is 0. The third kappa shape index (κ3) is 17.9. The summed E-state index contributed by atoms with van der Waals surface area (Å²) in [6.07, 6.45) is 11.1. The topological polar surface area (TPSA) is 24.1 Å². The normalized spacial score (nSPS) is 12.9. The molecule has 0 aromatic carbocycles. The number of hydrogen-bond donors (Lipinski definition) is 2. The number of nitrogens with one attached hydrogen (secondary N) is 2. The Morgan fingerprint density at radius 2 is 0.700 bits per heavy atom. The van der Waals surface area contributed by atoms with Gasteiger partial charge >= 0.3 is 0 Å². The molecular weight excluding hydrogens is 244 g/mol. The molecule has 0 heterocycles. The fourth-order valence-corrected chi connectivity index (χ4v) is 2.24. The first-order valence-electron chi connectivity index (χ1n) is 8.71. The van der Waals surface area contributed by atoms with Crippen LogP contribution in [0.2, 0.25) is 0 Å². The number of unbranched alkanes of at least 4 members (excludes halogenated alkanes) is 7. The Bertz CT molecular complexity index is 186. The second-order valence-electron chi connectivity index (χ2n) is 8.18. The van der Waals surface area contributed by atoms with Gasteiger partial charge in [0.15, 0.2) is 0 Å². The van der Waals surface area contributed by atoms with Crippen LogP contribution in [-0.4, -0.2) is 24.2 Å². The van der Waals surface area contributed by atoms with Gasteiger partial charge in [-0.15, -0.1) is 0 Å². The predicted molar refractivity (Wildman–Crippen MR) is 92.4 cm³/mol. The summed E-state index contributed by atoms with van der Waals surface area (Å²) in [5, 5.41) is 7.10. The first kappa shape index (κ1) is 19.9. The molecule has 0 aliphatic heterocycles. The van der Waals surface area contributed by atoms with Gasteiger partial charge in [-0.3, -0.25) is 0 Å². The van der Waals surface area contributed by atoms with Crippen molar-refractivity contribution in [2.45, 2.75) is 104 Å². The highest BCUT2D eigenvalue weighted by Crippen LogP contribution is 2.09. The third-order valence-corrected chi connectivity index (χ3v) is 3.41. The van der Waals surface area contributed by atoms with Gasteiger partial charge in [-0.2, -0.15) is 0 Å². The van der Waals surface area contributed by atoms with Crippen LogP contribution in [0.5, 0.6) is 0 Å². The molecule has 0 rings (SSSR count). The van der Waals surface area contributed by atoms with Crippen LogP contribution in [-0.2, 0) is 0 Å². The van der Waals surface area contributed by atoms with E-state index in [1.54, 1.807) is 0 Å². The summed E-state index contributed by atoms with van der Waals surface area (Å²) in [6.45, 7) is 15.8. The third-order valence-electron chi connectivity index (χ3n) is 3.41. The van der Waals surface area contributed by atoms with Crippen molar-refractivity contribution < 1.29 is 0 Å². The Morgan fingerprint density at radius 1 is 0.450 bits per heavy atom. The van der Waals surface area contributed by atoms with Gasteiger partial charge in [0.25, 0.3) is 0 Å². The molecule has 0 aromatic rings. The van der Waals surface area contributed by atoms with E-state index in [2.05, 4.69) is 52.2 Å². The molecule has 0 radical (unpaired) electrons. The minimum Gasteiger partial charge on any atom is -0.312 e. The smallest absolute Gasteiger partial charge is 0.00965 e. The first-order valence-corrected chi connectivity index (χ1v) is 8.71. The van der Waals surface area contributed by atoms with Crippen molar-refractivity contribution >= 4 is 0 Å². The molecule has 0 unspecified atom stereocenters. The van der Waals surface area contributed by atoms with Gasteiger partial charge in [0.2, 0.25) is 0 Å². The van der Waals surface area contributed by atoms with E-state index in [-0.39, 0.29) is 11.1 Å². The van der Waals surface area contributed by atoms with Crippen LogP contribution >= 0.6 is 0 Å². The zero-order valence-electron chi connectivity index (χ0n) is 15.1. The Morgan fingerprint density at radius 3 is 0.950 bits per heavy atom. The van der Waals surface area contributed by atoms with Crippen LogP contribution in [0.15, 0.2) is 0 Å². The molecule has 0 bridgehead atoms. The quantitative estimate of drug-likeness (QED) is 0.528. The van der Waals surface area contributed by atoms with Crippen molar-refractivity contribution in [1.29, 1.82) is 0 Å². The zero-order valence-corrected chi connectivity index (χ0v) is 15.1. The fourth-order valence-electron chi connectivity index (χ4n) is 2.24. The Labute approximate surface area is 128 Å². The van der Waals surface area contributed by atoms with Gasteiger partial charge in [0.1, 0.15) is 0 Å². The van der Waals surface area contributed by atoms with Gasteiger partial charge < -0.3 is 10.6 Å². The van der Waals surface area contributed by atoms with E-state index in [1.807, 2.05) is 0 Å². The average Bonchev–Trinajstić information content (AvgIpc) is 2.27. The molecule has 0 amide bonds. The molecule has 0 saturated carbocycles. The van der Waals surface area contributed by atoms with Gasteiger partial charge in [0.05, 0.1) is 0 Å². The minimum atomic E-state index is 0.279. The summed E-state index contributed by atoms with van der Waals surface area (Å²) in [6, 6.07) is 0. The first-order chi connectivity index (χ1) is 9.21. The van der Waals surface area contributed by atoms with Crippen molar-refractivity contribution in [2.75, 3.05) is 13.1 Å². The van der Waals surface area contributed by atoms with Crippen molar-refractivity contribution in [3.05, 3.63) is 0 Å². The largest absolute Gasteiger partial charge is 0.312 e. The summed E-state index contributed by atoms with van der Waals surface area (Å²) in [7, 11) is 0. The van der Waals surface area contributed by atoms with E-state index < -0.39 is 0 Å². The molecule has 2 heteroatoms. The molecule has 0 saturated heterocycles. The van der Waals surface area contributed by atoms with E-state index in [9.17, 15) is 0 Å². The molecule has 0 aliphatic carbocycles. The van der Waals surface area contributed by atoms with E-state index in [4.69, 9.17) is 0 Å². The highest BCUT2D eigenvalue weighted by Gasteiger charge is 2.07. The molecule has 0 spiro atoms. The number of hydrogen-bond acceptors (Lipinski definition) is 2. The Balaban J connectivity index is 3.10. The van der Waals surface area contributed by atoms with Gasteiger partial charge in [-0.25, -0.2) is 0 Å². The summed E-state index contributed by atoms with van der Waals surface area (Å²) in [4.78, 5) is 0. The van der Waals surface area contributed by atoms with Gasteiger partial charge in [0, 0.05) is 11.1 Å². The van der Waals surface area contributed by atoms with Gasteiger partial charge in [-0.05, 0) is 67.5 Å². The van der Waals surface area contributed by atoms with Gasteiger partial charge in [-0.1, -0.05) is 38.5 Å². The summed E-state index contributed by atoms with van der Waals surface area (Å²) >= 11 is 0. The van der Waals surface area contributed by atoms with Crippen LogP contribution < -0.4 is 10.6 Å². The second kappa shape index (κ2) is 10.6. The lowest BCUT2D eigenvalue weighted by molar-refractivity contribution is 0.411. The van der Waals surface area contributed by atoms with Crippen LogP contribution in [0.4, 0.5) is 0 Å². The highest BCUT2D eigenvalue weighted by atomic mass is 14.9. The lowest BCUT2D eigenvalue weighted by Gasteiger charge is -2.20. The minimum absolute atomic E-state index is 0.279. The zero-order chi connectivity index (χ0) is 15.5. The maximum atomic E-state index is 3.55. The van der Waals surface area contributed by atoms with Crippen LogP contribution in [0.1, 0.15) is 92.9 Å². The molecular formula is C18H40N2. The van der Waals surface area contributed by atoms with E-state index in [0.29, 0.717) is 0 Å². The maximum Gasteiger partial charge on any atom is 0.00965 e. The van der Waals surface area contributed by atoms with Crippen LogP contribution in [0.3, 0.4) is 0 Å². The average molecular weight is 285 g/mol. The highest BCUT2D eigenvalue weighted by molar-refractivity contribution is 4.70. The molecule has 0 atom stereocenters. The molecule has 2 nitrogen and oxygen atoms in total. The van der Waals surface area contributed by atoms with Crippen LogP contribution in [0.25, 0.3) is 0 Å². The van der Waals surface area contributed by atoms with E-state index in [0.717, 1.165) is 0 Å². The monoisotopic (exact) mass is 284 g/mol. The lowest BCUT2D eigenvalue weighted by atomic mass is 10.1. The van der Waals surface area contributed by atoms with E-state index in [1.165, 1.54) is 64.5 Å². The van der Waals surface area contributed by atoms with E-state index >= 15 is 0 Å². The summed E-state index contributed by atoms with van der Waals surface area (Å²) in [5.74, 6) is 0. The number of rotatable bonds is 11. The van der Waals surface area contributed by atoms with Crippen molar-refractivity contribution in [2.24, 2.45) is 0 Å². The molecule has 0 aromatic heterocycles. The molecule has 0 aliphatic rings. The standard InChI is InChI=1S/C18H40N2/c1-17(2,3)19-15-13-11-9-7-8-10-12-14-16-20-18(4,5)6/h19-20H,7-16H2,1-6H3. The lowest BCUT2D eigenvalue weighted by Crippen LogP contribution is -2.36. The SMILES string of the molecule is CC(C)(C)NCCCCCCCCCCNC(C)(C)C. The summed E-state index contributed by atoms with van der Waals surface area (Å²) in [5.41, 5.74) is 0.558. The van der Waals surface area contributed by atoms with Crippen molar-refractivity contribution in [1.82, 2.24) is 10.6 Å². The maximum absolute atomic E-state index is 3.55. The van der Waals surface area contributed by atoms with Crippen molar-refractivity contribution in [3.8, 4) is 0 Å².